The van der Waals surface area contributed by atoms with Crippen LogP contribution in [0.4, 0.5) is 51.2 Å². The van der Waals surface area contributed by atoms with Gasteiger partial charge in [-0.15, -0.1) is 0 Å². The number of benzene rings is 20. The third-order valence-electron chi connectivity index (χ3n) is 26.3. The number of hydrogen-bond donors (Lipinski definition) is 0. The minimum atomic E-state index is 0.222. The molecule has 0 aliphatic carbocycles. The van der Waals surface area contributed by atoms with Crippen molar-refractivity contribution in [1.29, 1.82) is 0 Å². The molecule has 0 fully saturated rings. The predicted octanol–water partition coefficient (Wildman–Crippen LogP) is 37.0. The van der Waals surface area contributed by atoms with E-state index in [1.54, 1.807) is 0 Å². The van der Waals surface area contributed by atoms with Crippen LogP contribution in [0.25, 0.3) is 115 Å². The molecule has 686 valence electrons. The lowest BCUT2D eigenvalue weighted by Gasteiger charge is -2.27. The normalized spacial score (nSPS) is 11.0. The van der Waals surface area contributed by atoms with E-state index < -0.39 is 0 Å². The average Bonchev–Trinajstić information content (AvgIpc) is 1.59. The lowest BCUT2D eigenvalue weighted by molar-refractivity contribution is 0.0972. The second kappa shape index (κ2) is 45.3. The van der Waals surface area contributed by atoms with Crippen molar-refractivity contribution in [1.82, 2.24) is 4.57 Å². The van der Waals surface area contributed by atoms with E-state index in [0.29, 0.717) is 25.7 Å². The number of hydrogen-bond acceptors (Lipinski definition) is 7. The molecule has 0 aliphatic rings. The van der Waals surface area contributed by atoms with Crippen molar-refractivity contribution in [3.63, 3.8) is 0 Å². The highest BCUT2D eigenvalue weighted by atomic mass is 16.1. The fourth-order valence-electron chi connectivity index (χ4n) is 18.6. The molecule has 0 aliphatic heterocycles. The number of nitrogens with zero attached hydrogens (tertiary/aromatic N) is 4. The number of carbonyl (C=O) groups is 4. The average molecular weight is 1820 g/mol. The van der Waals surface area contributed by atoms with Crippen LogP contribution in [0, 0.1) is 0 Å². The van der Waals surface area contributed by atoms with E-state index >= 15 is 0 Å². The van der Waals surface area contributed by atoms with Gasteiger partial charge >= 0.3 is 0 Å². The molecular weight excluding hydrogens is 1710 g/mol. The topological polar surface area (TPSA) is 82.9 Å². The van der Waals surface area contributed by atoms with Crippen molar-refractivity contribution >= 4 is 139 Å². The van der Waals surface area contributed by atoms with E-state index in [-0.39, 0.29) is 23.1 Å². The third-order valence-corrected chi connectivity index (χ3v) is 26.3. The van der Waals surface area contributed by atoms with Crippen LogP contribution in [0.1, 0.15) is 146 Å². The molecule has 21 aromatic rings. The van der Waals surface area contributed by atoms with Gasteiger partial charge in [0.1, 0.15) is 0 Å². The number of ketones is 4. The number of fused-ring (bicyclic) bond motifs is 7. The zero-order valence-electron chi connectivity index (χ0n) is 79.9. The maximum absolute atomic E-state index is 12.4. The summed E-state index contributed by atoms with van der Waals surface area (Å²) in [5, 5.41) is 12.2. The molecule has 140 heavy (non-hydrogen) atoms. The first-order valence-corrected chi connectivity index (χ1v) is 49.3. The van der Waals surface area contributed by atoms with E-state index in [9.17, 15) is 19.2 Å². The van der Waals surface area contributed by atoms with Gasteiger partial charge in [0, 0.05) is 115 Å². The Hall–Kier alpha value is -16.7. The summed E-state index contributed by atoms with van der Waals surface area (Å²) in [6, 6.07) is 165. The second-order valence-corrected chi connectivity index (χ2v) is 35.7. The molecule has 1 aromatic heterocycles. The molecule has 1 heterocycles. The van der Waals surface area contributed by atoms with Gasteiger partial charge < -0.3 is 19.3 Å². The third kappa shape index (κ3) is 22.0. The number of Topliss-reactive ketones (excluding diaryl/α,β-unsaturated/α-hetero) is 4. The summed E-state index contributed by atoms with van der Waals surface area (Å²) in [7, 11) is 0. The van der Waals surface area contributed by atoms with Gasteiger partial charge in [0.05, 0.1) is 16.7 Å². The van der Waals surface area contributed by atoms with Crippen LogP contribution < -0.4 is 14.7 Å². The number of anilines is 9. The lowest BCUT2D eigenvalue weighted by Crippen LogP contribution is -2.10. The van der Waals surface area contributed by atoms with Crippen LogP contribution in [0.2, 0.25) is 0 Å². The molecule has 0 unspecified atom stereocenters. The molecule has 0 radical (unpaired) electrons. The zero-order chi connectivity index (χ0) is 95.9. The van der Waals surface area contributed by atoms with E-state index in [4.69, 9.17) is 0 Å². The van der Waals surface area contributed by atoms with E-state index in [1.807, 2.05) is 91.0 Å². The quantitative estimate of drug-likeness (QED) is 0.0415. The molecule has 0 bridgehead atoms. The monoisotopic (exact) mass is 1820 g/mol. The Balaban J connectivity index is 0.000000124. The summed E-state index contributed by atoms with van der Waals surface area (Å²) in [5.41, 5.74) is 25.8. The molecule has 8 heteroatoms. The van der Waals surface area contributed by atoms with Crippen LogP contribution >= 0.6 is 0 Å². The lowest BCUT2D eigenvalue weighted by atomic mass is 9.99. The van der Waals surface area contributed by atoms with Crippen molar-refractivity contribution in [2.45, 2.75) is 105 Å². The Bertz CT molecular complexity index is 7720. The number of carbonyl (C=O) groups excluding carboxylic acids is 4. The molecule has 0 saturated carbocycles. The van der Waals surface area contributed by atoms with Crippen molar-refractivity contribution in [2.24, 2.45) is 0 Å². The summed E-state index contributed by atoms with van der Waals surface area (Å²) >= 11 is 0. The predicted molar refractivity (Wildman–Crippen MR) is 591 cm³/mol. The summed E-state index contributed by atoms with van der Waals surface area (Å²) < 4.78 is 2.32. The van der Waals surface area contributed by atoms with Gasteiger partial charge in [-0.3, -0.25) is 19.2 Å². The molecular formula is C132H114N4O4. The summed E-state index contributed by atoms with van der Waals surface area (Å²) in [6.07, 6.45) is 10.4. The zero-order valence-corrected chi connectivity index (χ0v) is 79.9. The number of para-hydroxylation sites is 4. The van der Waals surface area contributed by atoms with Gasteiger partial charge in [-0.05, 0) is 241 Å². The number of rotatable bonds is 30. The molecule has 20 aromatic carbocycles. The molecule has 0 saturated heterocycles. The van der Waals surface area contributed by atoms with Gasteiger partial charge in [-0.25, -0.2) is 0 Å². The maximum atomic E-state index is 12.4. The van der Waals surface area contributed by atoms with E-state index in [2.05, 4.69) is 429 Å². The molecule has 21 rings (SSSR count). The van der Waals surface area contributed by atoms with Crippen LogP contribution in [0.15, 0.2) is 473 Å². The molecule has 0 atom stereocenters. The van der Waals surface area contributed by atoms with E-state index in [1.165, 1.54) is 64.9 Å². The van der Waals surface area contributed by atoms with Crippen molar-refractivity contribution < 1.29 is 19.2 Å². The largest absolute Gasteiger partial charge is 0.310 e. The fourth-order valence-corrected chi connectivity index (χ4v) is 18.6. The van der Waals surface area contributed by atoms with Crippen molar-refractivity contribution in [3.05, 3.63) is 495 Å². The fraction of sp³-hybridized carbons (Fsp3) is 0.121. The minimum absolute atomic E-state index is 0.222. The Morgan fingerprint density at radius 3 is 0.836 bits per heavy atom. The first kappa shape index (κ1) is 93.7. The van der Waals surface area contributed by atoms with Crippen LogP contribution in [-0.2, 0) is 0 Å². The van der Waals surface area contributed by atoms with Crippen molar-refractivity contribution in [2.75, 3.05) is 14.7 Å². The summed E-state index contributed by atoms with van der Waals surface area (Å²) in [4.78, 5) is 56.3. The highest BCUT2D eigenvalue weighted by Gasteiger charge is 2.22. The standard InChI is InChI=1S/C37H31NO.2C33H29NO.C29H25NO/c1-2-3-12-37(39)31-15-13-29(14-16-31)30-17-21-34(22-18-30)38(35-23-19-27-8-4-6-10-32(27)25-35)36-24-20-28-9-5-7-11-33(28)26-36;1-2-3-16-33(35)28-19-17-25(18-20-28)26-21-23-30(24-22-26)34(29-12-5-4-6-13-29)32-15-9-11-27-10-7-8-14-31(27)32;1-2-3-13-33(35)28-16-14-26(15-17-28)27-18-21-31(22-19-27)34(30-11-5-4-6-12-30)32-23-20-25-9-7-8-10-29(25)24-32;1-2-3-13-29(31)22-16-14-21(15-17-22)23-18-19-28-26(20-23)25-11-7-8-12-27(25)30(28)24-9-5-4-6-10-24/h4-11,13-26H,2-3,12H2,1H3;4-15,17-24H,2-3,16H2,1H3;4-12,14-24H,2-3,13H2,1H3;4-12,14-20H,2-3,13H2,1H3. The first-order chi connectivity index (χ1) is 68.9. The number of aromatic nitrogens is 1. The highest BCUT2D eigenvalue weighted by molar-refractivity contribution is 6.11. The molecule has 8 nitrogen and oxygen atoms in total. The molecule has 0 amide bonds. The minimum Gasteiger partial charge on any atom is -0.310 e. The summed E-state index contributed by atoms with van der Waals surface area (Å²) in [5.74, 6) is 0.903. The Labute approximate surface area is 822 Å². The van der Waals surface area contributed by atoms with Crippen LogP contribution in [-0.4, -0.2) is 27.7 Å². The van der Waals surface area contributed by atoms with Crippen LogP contribution in [0.5, 0.6) is 0 Å². The molecule has 0 spiro atoms. The first-order valence-electron chi connectivity index (χ1n) is 49.3. The summed E-state index contributed by atoms with van der Waals surface area (Å²) in [6.45, 7) is 8.45. The smallest absolute Gasteiger partial charge is 0.162 e. The van der Waals surface area contributed by atoms with Crippen molar-refractivity contribution in [3.8, 4) is 50.2 Å². The van der Waals surface area contributed by atoms with Gasteiger partial charge in [0.2, 0.25) is 0 Å². The highest BCUT2D eigenvalue weighted by Crippen LogP contribution is 2.44. The van der Waals surface area contributed by atoms with Gasteiger partial charge in [-0.1, -0.05) is 393 Å². The van der Waals surface area contributed by atoms with Gasteiger partial charge in [0.25, 0.3) is 0 Å². The number of unbranched alkanes of at least 4 members (excludes halogenated alkanes) is 4. The Morgan fingerprint density at radius 1 is 0.193 bits per heavy atom. The van der Waals surface area contributed by atoms with Gasteiger partial charge in [0.15, 0.2) is 23.1 Å². The van der Waals surface area contributed by atoms with Gasteiger partial charge in [-0.2, -0.15) is 0 Å². The molecule has 0 N–H and O–H groups in total. The SMILES string of the molecule is CCCCC(=O)c1ccc(-c2ccc(N(c3ccc4ccccc4c3)c3ccc4ccccc4c3)cc2)cc1.CCCCC(=O)c1ccc(-c2ccc(N(c3ccccc3)c3ccc4ccccc4c3)cc2)cc1.CCCCC(=O)c1ccc(-c2ccc(N(c3ccccc3)c3cccc4ccccc34)cc2)cc1.CCCCC(=O)c1ccc(-c2ccc3c(c2)c2ccccc2n3-c2ccccc2)cc1. The maximum Gasteiger partial charge on any atom is 0.162 e. The van der Waals surface area contributed by atoms with E-state index in [0.717, 1.165) is 175 Å². The van der Waals surface area contributed by atoms with Crippen LogP contribution in [0.3, 0.4) is 0 Å². The Kier molecular flexibility index (Phi) is 30.3. The Morgan fingerprint density at radius 2 is 0.457 bits per heavy atom. The second-order valence-electron chi connectivity index (χ2n) is 35.7.